The molecule has 3 atom stereocenters. The van der Waals surface area contributed by atoms with Gasteiger partial charge in [0.15, 0.2) is 0 Å². The monoisotopic (exact) mass is 410 g/mol. The van der Waals surface area contributed by atoms with Crippen molar-refractivity contribution in [1.82, 2.24) is 30.1 Å². The number of carbonyl (C=O) groups excluding carboxylic acids is 2. The number of nitrogens with one attached hydrogen (secondary N) is 1. The van der Waals surface area contributed by atoms with Gasteiger partial charge in [0.2, 0.25) is 11.8 Å². The highest BCUT2D eigenvalue weighted by Crippen LogP contribution is 2.34. The van der Waals surface area contributed by atoms with Gasteiger partial charge >= 0.3 is 0 Å². The van der Waals surface area contributed by atoms with Crippen LogP contribution in [0.15, 0.2) is 6.20 Å². The van der Waals surface area contributed by atoms with Gasteiger partial charge in [-0.15, -0.1) is 5.10 Å². The van der Waals surface area contributed by atoms with Gasteiger partial charge in [-0.05, 0) is 12.5 Å². The van der Waals surface area contributed by atoms with Crippen molar-refractivity contribution in [3.05, 3.63) is 11.9 Å². The Balaban J connectivity index is 2.24. The van der Waals surface area contributed by atoms with Crippen molar-refractivity contribution in [2.75, 3.05) is 40.9 Å². The van der Waals surface area contributed by atoms with Crippen molar-refractivity contribution >= 4 is 11.8 Å². The molecule has 1 aliphatic heterocycles. The van der Waals surface area contributed by atoms with Crippen LogP contribution < -0.4 is 5.32 Å². The number of aliphatic hydroxyl groups excluding tert-OH is 1. The molecule has 0 aliphatic carbocycles. The molecule has 10 nitrogen and oxygen atoms in total. The van der Waals surface area contributed by atoms with Crippen molar-refractivity contribution < 1.29 is 19.4 Å². The molecule has 1 aromatic rings. The molecule has 0 spiro atoms. The molecule has 2 heterocycles. The van der Waals surface area contributed by atoms with Gasteiger partial charge in [-0.25, -0.2) is 4.68 Å². The van der Waals surface area contributed by atoms with Crippen molar-refractivity contribution in [2.45, 2.75) is 51.9 Å². The highest BCUT2D eigenvalue weighted by Gasteiger charge is 2.44. The lowest BCUT2D eigenvalue weighted by Crippen LogP contribution is -2.49. The zero-order chi connectivity index (χ0) is 21.8. The van der Waals surface area contributed by atoms with Gasteiger partial charge in [-0.3, -0.25) is 14.5 Å². The molecule has 1 aliphatic rings. The summed E-state index contributed by atoms with van der Waals surface area (Å²) >= 11 is 0. The summed E-state index contributed by atoms with van der Waals surface area (Å²) in [6.45, 7) is 7.92. The number of aliphatic hydroxyl groups is 1. The molecule has 1 saturated heterocycles. The second-order valence-electron chi connectivity index (χ2n) is 8.70. The van der Waals surface area contributed by atoms with Gasteiger partial charge in [0, 0.05) is 40.2 Å². The van der Waals surface area contributed by atoms with E-state index in [2.05, 4.69) is 20.5 Å². The number of ether oxygens (including phenoxy) is 1. The second kappa shape index (κ2) is 9.64. The van der Waals surface area contributed by atoms with Crippen LogP contribution in [-0.2, 0) is 20.9 Å². The predicted molar refractivity (Wildman–Crippen MR) is 107 cm³/mol. The van der Waals surface area contributed by atoms with Crippen LogP contribution in [0.25, 0.3) is 0 Å². The van der Waals surface area contributed by atoms with Crippen LogP contribution in [0.1, 0.15) is 38.9 Å². The molecule has 0 radical (unpaired) electrons. The maximum Gasteiger partial charge on any atom is 0.248 e. The number of carbonyl (C=O) groups is 2. The van der Waals surface area contributed by atoms with Crippen LogP contribution >= 0.6 is 0 Å². The number of amides is 2. The Kier molecular flexibility index (Phi) is 7.73. The minimum absolute atomic E-state index is 0.130. The van der Waals surface area contributed by atoms with Gasteiger partial charge in [0.25, 0.3) is 0 Å². The van der Waals surface area contributed by atoms with Crippen LogP contribution in [-0.4, -0.2) is 94.8 Å². The standard InChI is InChI=1S/C19H34N6O4/c1-19(2,3)16(18(28)24-12-14(26)9-15(24)17(27)20-4)25-11-13(21-22-25)10-23(5)7-8-29-6/h11,14-16,26H,7-10,12H2,1-6H3,(H,20,27)/t14?,15-,16?/m1/s1. The Hall–Kier alpha value is -2.04. The smallest absolute Gasteiger partial charge is 0.248 e. The number of hydrogen-bond donors (Lipinski definition) is 2. The molecule has 1 aromatic heterocycles. The molecule has 29 heavy (non-hydrogen) atoms. The Morgan fingerprint density at radius 1 is 1.45 bits per heavy atom. The first kappa shape index (κ1) is 23.2. The number of aromatic nitrogens is 3. The first-order valence-corrected chi connectivity index (χ1v) is 9.86. The van der Waals surface area contributed by atoms with Gasteiger partial charge in [0.05, 0.1) is 24.6 Å². The third-order valence-corrected chi connectivity index (χ3v) is 5.10. The van der Waals surface area contributed by atoms with Crippen molar-refractivity contribution in [2.24, 2.45) is 5.41 Å². The van der Waals surface area contributed by atoms with E-state index < -0.39 is 23.6 Å². The average molecular weight is 411 g/mol. The third kappa shape index (κ3) is 5.74. The summed E-state index contributed by atoms with van der Waals surface area (Å²) in [4.78, 5) is 29.2. The molecule has 0 saturated carbocycles. The van der Waals surface area contributed by atoms with E-state index in [1.807, 2.05) is 27.8 Å². The topological polar surface area (TPSA) is 113 Å². The van der Waals surface area contributed by atoms with Gasteiger partial charge in [-0.1, -0.05) is 26.0 Å². The second-order valence-corrected chi connectivity index (χ2v) is 8.70. The lowest BCUT2D eigenvalue weighted by molar-refractivity contribution is -0.144. The maximum absolute atomic E-state index is 13.5. The highest BCUT2D eigenvalue weighted by atomic mass is 16.5. The molecular weight excluding hydrogens is 376 g/mol. The summed E-state index contributed by atoms with van der Waals surface area (Å²) in [5, 5.41) is 21.1. The van der Waals surface area contributed by atoms with Crippen molar-refractivity contribution in [3.63, 3.8) is 0 Å². The van der Waals surface area contributed by atoms with E-state index in [0.29, 0.717) is 13.2 Å². The summed E-state index contributed by atoms with van der Waals surface area (Å²) in [7, 11) is 5.15. The summed E-state index contributed by atoms with van der Waals surface area (Å²) in [5.74, 6) is -0.520. The zero-order valence-electron chi connectivity index (χ0n) is 18.3. The van der Waals surface area contributed by atoms with Crippen LogP contribution in [0, 0.1) is 5.41 Å². The fourth-order valence-electron chi connectivity index (χ4n) is 3.62. The van der Waals surface area contributed by atoms with Crippen LogP contribution in [0.4, 0.5) is 0 Å². The lowest BCUT2D eigenvalue weighted by Gasteiger charge is -2.34. The number of β-amino-alcohol motifs (C(OH)–C–C–N with tert-alkyl or cyclic N) is 1. The van der Waals surface area contributed by atoms with Crippen molar-refractivity contribution in [3.8, 4) is 0 Å². The van der Waals surface area contributed by atoms with E-state index in [4.69, 9.17) is 4.74 Å². The summed E-state index contributed by atoms with van der Waals surface area (Å²) in [6.07, 6.45) is 1.29. The molecule has 2 unspecified atom stereocenters. The zero-order valence-corrected chi connectivity index (χ0v) is 18.3. The van der Waals surface area contributed by atoms with E-state index in [0.717, 1.165) is 12.2 Å². The molecule has 1 fully saturated rings. The number of nitrogens with zero attached hydrogens (tertiary/aromatic N) is 5. The highest BCUT2D eigenvalue weighted by molar-refractivity contribution is 5.90. The first-order chi connectivity index (χ1) is 13.6. The Bertz CT molecular complexity index is 701. The third-order valence-electron chi connectivity index (χ3n) is 5.10. The molecule has 2 N–H and O–H groups in total. The average Bonchev–Trinajstić information content (AvgIpc) is 3.24. The molecule has 0 aromatic carbocycles. The number of likely N-dealkylation sites (tertiary alicyclic amines) is 1. The van der Waals surface area contributed by atoms with Gasteiger partial charge in [-0.2, -0.15) is 0 Å². The Morgan fingerprint density at radius 2 is 2.14 bits per heavy atom. The fraction of sp³-hybridized carbons (Fsp3) is 0.789. The molecule has 10 heteroatoms. The minimum Gasteiger partial charge on any atom is -0.391 e. The number of methoxy groups -OCH3 is 1. The summed E-state index contributed by atoms with van der Waals surface area (Å²) in [6, 6.07) is -1.33. The predicted octanol–water partition coefficient (Wildman–Crippen LogP) is -0.349. The summed E-state index contributed by atoms with van der Waals surface area (Å²) in [5.41, 5.74) is 0.278. The Labute approximate surface area is 172 Å². The van der Waals surface area contributed by atoms with Crippen molar-refractivity contribution in [1.29, 1.82) is 0 Å². The number of hydrogen-bond acceptors (Lipinski definition) is 7. The van der Waals surface area contributed by atoms with E-state index in [1.54, 1.807) is 18.0 Å². The van der Waals surface area contributed by atoms with E-state index in [9.17, 15) is 14.7 Å². The van der Waals surface area contributed by atoms with E-state index >= 15 is 0 Å². The normalized spacial score (nSPS) is 20.9. The lowest BCUT2D eigenvalue weighted by atomic mass is 9.85. The van der Waals surface area contributed by atoms with Crippen LogP contribution in [0.5, 0.6) is 0 Å². The van der Waals surface area contributed by atoms with Gasteiger partial charge < -0.3 is 20.1 Å². The maximum atomic E-state index is 13.5. The SMILES string of the molecule is CNC(=O)[C@H]1CC(O)CN1C(=O)C(n1cc(CN(C)CCOC)nn1)C(C)(C)C. The Morgan fingerprint density at radius 3 is 2.72 bits per heavy atom. The van der Waals surface area contributed by atoms with Crippen LogP contribution in [0.3, 0.4) is 0 Å². The fourth-order valence-corrected chi connectivity index (χ4v) is 3.62. The quantitative estimate of drug-likeness (QED) is 0.602. The minimum atomic E-state index is -0.720. The first-order valence-electron chi connectivity index (χ1n) is 9.86. The summed E-state index contributed by atoms with van der Waals surface area (Å²) < 4.78 is 6.66. The molecule has 2 amide bonds. The van der Waals surface area contributed by atoms with E-state index in [-0.39, 0.29) is 24.8 Å². The van der Waals surface area contributed by atoms with Gasteiger partial charge in [0.1, 0.15) is 12.1 Å². The molecular formula is C19H34N6O4. The molecule has 2 rings (SSSR count). The largest absolute Gasteiger partial charge is 0.391 e. The molecule has 0 bridgehead atoms. The molecule has 164 valence electrons. The number of rotatable bonds is 8. The number of likely N-dealkylation sites (N-methyl/N-ethyl adjacent to an activating group) is 2. The van der Waals surface area contributed by atoms with E-state index in [1.165, 1.54) is 11.9 Å². The van der Waals surface area contributed by atoms with Crippen LogP contribution in [0.2, 0.25) is 0 Å².